The van der Waals surface area contributed by atoms with Crippen molar-refractivity contribution in [1.29, 1.82) is 0 Å². The molecule has 7 rings (SSSR count). The number of hydrogen-bond donors (Lipinski definition) is 3. The van der Waals surface area contributed by atoms with Gasteiger partial charge in [-0.25, -0.2) is 0 Å². The summed E-state index contributed by atoms with van der Waals surface area (Å²) in [6.07, 6.45) is 53.5. The van der Waals surface area contributed by atoms with Gasteiger partial charge in [0.2, 0.25) is 5.91 Å². The number of amides is 1. The Balaban J connectivity index is 0.000000228. The van der Waals surface area contributed by atoms with E-state index in [-0.39, 0.29) is 5.91 Å². The Labute approximate surface area is 414 Å². The molecule has 0 aromatic heterocycles. The maximum absolute atomic E-state index is 11.9. The number of ketones is 1. The Bertz CT molecular complexity index is 970. The molecule has 9 nitrogen and oxygen atoms in total. The first-order chi connectivity index (χ1) is 33.0. The number of ether oxygens (including phenoxy) is 4. The second-order valence-electron chi connectivity index (χ2n) is 21.8. The maximum atomic E-state index is 11.9. The predicted molar refractivity (Wildman–Crippen MR) is 280 cm³/mol. The predicted octanol–water partition coefficient (Wildman–Crippen LogP) is 13.5. The zero-order valence-electron chi connectivity index (χ0n) is 44.1. The molecule has 394 valence electrons. The number of Topliss-reactive ketones (excluding diaryl/α,β-unsaturated/α-hetero) is 1. The largest absolute Gasteiger partial charge is 0.379 e. The average molecular weight is 947 g/mol. The van der Waals surface area contributed by atoms with E-state index >= 15 is 0 Å². The number of carbonyl (C=O) groups is 2. The first kappa shape index (κ1) is 60.2. The van der Waals surface area contributed by atoms with Gasteiger partial charge >= 0.3 is 0 Å². The average Bonchev–Trinajstić information content (AvgIpc) is 3.40. The molecule has 0 aromatic carbocycles. The van der Waals surface area contributed by atoms with Crippen LogP contribution >= 0.6 is 0 Å². The van der Waals surface area contributed by atoms with Crippen LogP contribution in [0.5, 0.6) is 0 Å². The van der Waals surface area contributed by atoms with Crippen molar-refractivity contribution in [3.05, 3.63) is 0 Å². The van der Waals surface area contributed by atoms with Gasteiger partial charge in [-0.05, 0) is 54.8 Å². The van der Waals surface area contributed by atoms with Gasteiger partial charge in [0, 0.05) is 45.5 Å². The summed E-state index contributed by atoms with van der Waals surface area (Å²) >= 11 is 0. The quantitative estimate of drug-likeness (QED) is 0.0968. The lowest BCUT2D eigenvalue weighted by Gasteiger charge is -2.32. The molecule has 0 aromatic rings. The van der Waals surface area contributed by atoms with E-state index in [9.17, 15) is 9.59 Å². The van der Waals surface area contributed by atoms with Crippen molar-refractivity contribution in [3.8, 4) is 0 Å². The summed E-state index contributed by atoms with van der Waals surface area (Å²) in [6, 6.07) is 0. The molecule has 0 heterocycles. The third-order valence-corrected chi connectivity index (χ3v) is 16.6. The molecule has 7 aliphatic rings. The smallest absolute Gasteiger partial charge is 0.216 e. The minimum Gasteiger partial charge on any atom is -0.379 e. The highest BCUT2D eigenvalue weighted by atomic mass is 16.5. The third-order valence-electron chi connectivity index (χ3n) is 16.6. The summed E-state index contributed by atoms with van der Waals surface area (Å²) in [4.78, 5) is 22.5. The summed E-state index contributed by atoms with van der Waals surface area (Å²) in [5, 5.41) is 2.66. The van der Waals surface area contributed by atoms with Crippen LogP contribution in [0.15, 0.2) is 0 Å². The van der Waals surface area contributed by atoms with Crippen LogP contribution in [0.3, 0.4) is 0 Å². The highest BCUT2D eigenvalue weighted by molar-refractivity contribution is 5.81. The molecule has 0 radical (unpaired) electrons. The number of nitrogens with two attached hydrogens (primary N) is 2. The Morgan fingerprint density at radius 3 is 0.925 bits per heavy atom. The van der Waals surface area contributed by atoms with Crippen molar-refractivity contribution < 1.29 is 28.5 Å². The zero-order chi connectivity index (χ0) is 47.7. The van der Waals surface area contributed by atoms with Gasteiger partial charge in [-0.1, -0.05) is 212 Å². The molecule has 0 saturated heterocycles. The molecule has 7 saturated carbocycles. The van der Waals surface area contributed by atoms with Gasteiger partial charge in [-0.3, -0.25) is 9.59 Å². The van der Waals surface area contributed by atoms with E-state index in [0.717, 1.165) is 54.8 Å². The van der Waals surface area contributed by atoms with Gasteiger partial charge in [0.25, 0.3) is 0 Å². The molecule has 0 spiro atoms. The van der Waals surface area contributed by atoms with Crippen molar-refractivity contribution in [1.82, 2.24) is 5.32 Å². The van der Waals surface area contributed by atoms with Gasteiger partial charge < -0.3 is 35.7 Å². The molecule has 0 bridgehead atoms. The fraction of sp³-hybridized carbons (Fsp3) is 0.966. The molecular formula is C58H111N3O6. The molecule has 1 amide bonds. The normalized spacial score (nSPS) is 22.1. The van der Waals surface area contributed by atoms with Crippen LogP contribution in [0.1, 0.15) is 244 Å². The topological polar surface area (TPSA) is 135 Å². The maximum Gasteiger partial charge on any atom is 0.216 e. The summed E-state index contributed by atoms with van der Waals surface area (Å²) in [7, 11) is 0. The lowest BCUT2D eigenvalue weighted by Crippen LogP contribution is -2.25. The second kappa shape index (κ2) is 42.6. The van der Waals surface area contributed by atoms with Crippen LogP contribution in [0, 0.1) is 41.4 Å². The molecule has 5 N–H and O–H groups in total. The summed E-state index contributed by atoms with van der Waals surface area (Å²) in [5.41, 5.74) is 10.4. The minimum atomic E-state index is -0.0440. The fourth-order valence-electron chi connectivity index (χ4n) is 12.7. The van der Waals surface area contributed by atoms with Crippen LogP contribution in [0.4, 0.5) is 0 Å². The molecule has 9 heteroatoms. The van der Waals surface area contributed by atoms with Gasteiger partial charge in [0.05, 0.1) is 46.2 Å². The third kappa shape index (κ3) is 31.1. The number of nitrogens with one attached hydrogen (secondary N) is 1. The van der Waals surface area contributed by atoms with E-state index in [1.54, 1.807) is 77.0 Å². The molecule has 0 aliphatic heterocycles. The first-order valence-electron chi connectivity index (χ1n) is 29.5. The lowest BCUT2D eigenvalue weighted by atomic mass is 9.73. The summed E-state index contributed by atoms with van der Waals surface area (Å²) in [5.74, 6) is 7.52. The van der Waals surface area contributed by atoms with Crippen molar-refractivity contribution >= 4 is 11.7 Å². The molecule has 7 fully saturated rings. The Kier molecular flexibility index (Phi) is 38.3. The van der Waals surface area contributed by atoms with E-state index in [4.69, 9.17) is 30.4 Å². The van der Waals surface area contributed by atoms with Gasteiger partial charge in [-0.15, -0.1) is 0 Å². The number of hydrogen-bond acceptors (Lipinski definition) is 8. The molecule has 7 aliphatic carbocycles. The summed E-state index contributed by atoms with van der Waals surface area (Å²) in [6.45, 7) is 7.76. The Morgan fingerprint density at radius 1 is 0.373 bits per heavy atom. The Hall–Kier alpha value is -1.10. The standard InChI is InChI=1S/C16H29NO4.3C12H22.C6H16N2O2/c1-14(18)17-9-11-21-13-12-20-10-5-8-16(19)15-6-3-2-4-7-15;3*1-3-7-11(8-4-1)12-9-5-2-6-10-12;7-1-3-9-5-6-10-4-2-8/h15H,2-13H2,1H3,(H,17,18);3*11-12H,1-10H2;1-8H2. The van der Waals surface area contributed by atoms with E-state index in [2.05, 4.69) is 5.32 Å². The first-order valence-corrected chi connectivity index (χ1v) is 29.5. The number of carbonyl (C=O) groups excluding carboxylic acids is 2. The van der Waals surface area contributed by atoms with Crippen molar-refractivity contribution in [2.75, 3.05) is 72.5 Å². The number of rotatable bonds is 21. The van der Waals surface area contributed by atoms with Crippen LogP contribution < -0.4 is 16.8 Å². The van der Waals surface area contributed by atoms with Crippen LogP contribution in [0.25, 0.3) is 0 Å². The van der Waals surface area contributed by atoms with E-state index in [0.29, 0.717) is 90.6 Å². The highest BCUT2D eigenvalue weighted by Crippen LogP contribution is 2.40. The molecule has 67 heavy (non-hydrogen) atoms. The molecule has 0 unspecified atom stereocenters. The van der Waals surface area contributed by atoms with Crippen LogP contribution in [-0.4, -0.2) is 84.2 Å². The van der Waals surface area contributed by atoms with Gasteiger partial charge in [0.15, 0.2) is 0 Å². The fourth-order valence-corrected chi connectivity index (χ4v) is 12.7. The molecular weight excluding hydrogens is 835 g/mol. The lowest BCUT2D eigenvalue weighted by molar-refractivity contribution is -0.124. The van der Waals surface area contributed by atoms with Crippen molar-refractivity contribution in [2.45, 2.75) is 244 Å². The van der Waals surface area contributed by atoms with Gasteiger partial charge in [0.1, 0.15) is 5.78 Å². The minimum absolute atomic E-state index is 0.0440. The van der Waals surface area contributed by atoms with Crippen LogP contribution in [0.2, 0.25) is 0 Å². The van der Waals surface area contributed by atoms with Gasteiger partial charge in [-0.2, -0.15) is 0 Å². The molecule has 0 atom stereocenters. The SMILES string of the molecule is C1CCC(C2CCCCC2)CC1.C1CCC(C2CCCCC2)CC1.C1CCC(C2CCCCC2)CC1.CC(=O)NCCOCCOCCCC(=O)C1CCCCC1.NCCOCCOCCN. The van der Waals surface area contributed by atoms with Crippen LogP contribution in [-0.2, 0) is 28.5 Å². The van der Waals surface area contributed by atoms with E-state index in [1.165, 1.54) is 142 Å². The zero-order valence-corrected chi connectivity index (χ0v) is 44.1. The monoisotopic (exact) mass is 946 g/mol. The van der Waals surface area contributed by atoms with E-state index in [1.807, 2.05) is 0 Å². The van der Waals surface area contributed by atoms with E-state index < -0.39 is 0 Å². The Morgan fingerprint density at radius 2 is 0.642 bits per heavy atom. The highest BCUT2D eigenvalue weighted by Gasteiger charge is 2.27. The second-order valence-corrected chi connectivity index (χ2v) is 21.8. The van der Waals surface area contributed by atoms with Crippen molar-refractivity contribution in [2.24, 2.45) is 52.9 Å². The van der Waals surface area contributed by atoms with Crippen molar-refractivity contribution in [3.63, 3.8) is 0 Å². The summed E-state index contributed by atoms with van der Waals surface area (Å²) < 4.78 is 20.8.